The van der Waals surface area contributed by atoms with Gasteiger partial charge in [-0.05, 0) is 105 Å². The molecule has 0 fully saturated rings. The van der Waals surface area contributed by atoms with Crippen LogP contribution in [-0.2, 0) is 37.2 Å². The minimum atomic E-state index is -4.00. The molecule has 5 aromatic rings. The van der Waals surface area contributed by atoms with E-state index in [2.05, 4.69) is 16.0 Å². The summed E-state index contributed by atoms with van der Waals surface area (Å²) in [6.07, 6.45) is 5.36. The number of hydrogen-bond acceptors (Lipinski definition) is 6. The molecule has 0 spiro atoms. The molecule has 5 rings (SSSR count). The van der Waals surface area contributed by atoms with E-state index in [1.165, 1.54) is 3.97 Å². The van der Waals surface area contributed by atoms with Crippen LogP contribution in [-0.4, -0.2) is 55.8 Å². The van der Waals surface area contributed by atoms with Crippen molar-refractivity contribution in [2.75, 3.05) is 13.6 Å². The van der Waals surface area contributed by atoms with Gasteiger partial charge >= 0.3 is 0 Å². The van der Waals surface area contributed by atoms with E-state index in [0.717, 1.165) is 40.1 Å². The van der Waals surface area contributed by atoms with Crippen molar-refractivity contribution in [1.29, 1.82) is 0 Å². The zero-order valence-electron chi connectivity index (χ0n) is 32.7. The average Bonchev–Trinajstić information content (AvgIpc) is 3.51. The molecule has 11 heteroatoms. The van der Waals surface area contributed by atoms with Gasteiger partial charge in [-0.15, -0.1) is 0 Å². The van der Waals surface area contributed by atoms with E-state index in [1.54, 1.807) is 19.3 Å². The van der Waals surface area contributed by atoms with Gasteiger partial charge in [0.1, 0.15) is 0 Å². The highest BCUT2D eigenvalue weighted by atomic mass is 32.2. The van der Waals surface area contributed by atoms with Crippen molar-refractivity contribution < 1.29 is 22.8 Å². The molecule has 0 radical (unpaired) electrons. The number of rotatable bonds is 18. The summed E-state index contributed by atoms with van der Waals surface area (Å²) in [7, 11) is -2.41. The first-order valence-electron chi connectivity index (χ1n) is 19.2. The van der Waals surface area contributed by atoms with E-state index in [-0.39, 0.29) is 54.0 Å². The van der Waals surface area contributed by atoms with Crippen molar-refractivity contribution >= 4 is 49.4 Å². The number of carbonyl (C=O) groups is 3. The van der Waals surface area contributed by atoms with Gasteiger partial charge in [0.25, 0.3) is 10.0 Å². The predicted octanol–water partition coefficient (Wildman–Crippen LogP) is 6.39. The second-order valence-electron chi connectivity index (χ2n) is 14.9. The third kappa shape index (κ3) is 10.4. The Kier molecular flexibility index (Phi) is 13.9. The van der Waals surface area contributed by atoms with Crippen LogP contribution in [0.4, 0.5) is 0 Å². The third-order valence-corrected chi connectivity index (χ3v) is 12.3. The van der Waals surface area contributed by atoms with Crippen molar-refractivity contribution in [3.63, 3.8) is 0 Å². The number of benzene rings is 4. The van der Waals surface area contributed by atoms with Crippen molar-refractivity contribution in [3.05, 3.63) is 113 Å². The number of fused-ring (bicyclic) bond motifs is 2. The Balaban J connectivity index is 1.44. The molecular formula is C44H55N5O5S. The van der Waals surface area contributed by atoms with Crippen LogP contribution in [0.3, 0.4) is 0 Å². The van der Waals surface area contributed by atoms with Crippen LogP contribution < -0.4 is 21.7 Å². The molecule has 1 heterocycles. The number of carbonyl (C=O) groups excluding carboxylic acids is 3. The number of para-hydroxylation sites is 1. The SMILES string of the molecule is CNC(=O)CC[C@H](CCCCN)NC(=O)[C@H](Cc1cn(S(=O)(=O)c2c(C)cc(C)cc2C)c2ccccc12)C[C@@H](C)NC(=O)Cc1ccc2ccccc2c1. The number of nitrogens with two attached hydrogens (primary N) is 1. The molecule has 55 heavy (non-hydrogen) atoms. The molecule has 0 saturated heterocycles. The van der Waals surface area contributed by atoms with Gasteiger partial charge in [-0.25, -0.2) is 12.4 Å². The van der Waals surface area contributed by atoms with Crippen LogP contribution in [0.25, 0.3) is 21.7 Å². The Labute approximate surface area is 325 Å². The van der Waals surface area contributed by atoms with E-state index in [4.69, 9.17) is 5.73 Å². The molecule has 3 atom stereocenters. The second-order valence-corrected chi connectivity index (χ2v) is 16.6. The smallest absolute Gasteiger partial charge is 0.268 e. The molecule has 0 aliphatic carbocycles. The van der Waals surface area contributed by atoms with Gasteiger partial charge in [-0.1, -0.05) is 84.8 Å². The van der Waals surface area contributed by atoms with Crippen LogP contribution in [0.1, 0.15) is 73.3 Å². The number of aromatic nitrogens is 1. The number of unbranched alkanes of at least 4 members (excludes halogenated alkanes) is 1. The summed E-state index contributed by atoms with van der Waals surface area (Å²) in [5.41, 5.74) is 10.2. The van der Waals surface area contributed by atoms with E-state index >= 15 is 0 Å². The van der Waals surface area contributed by atoms with Crippen molar-refractivity contribution in [2.45, 2.75) is 96.0 Å². The Bertz CT molecular complexity index is 2240. The molecule has 0 unspecified atom stereocenters. The number of nitrogens with one attached hydrogen (secondary N) is 3. The maximum atomic E-state index is 14.4. The monoisotopic (exact) mass is 765 g/mol. The van der Waals surface area contributed by atoms with Crippen LogP contribution in [0, 0.1) is 26.7 Å². The molecule has 4 aromatic carbocycles. The standard InChI is InChI=1S/C44H55N5O5S/c1-29-22-30(2)43(31(3)23-29)55(53,54)49-28-37(39-15-8-9-16-40(39)49)27-36(44(52)48-38(14-10-11-21-45)19-20-41(50)46-5)24-32(4)47-42(51)26-33-17-18-34-12-6-7-13-35(34)25-33/h6-9,12-13,15-18,22-23,25,28,32,36,38H,10-11,14,19-21,24,26-27,45H2,1-5H3,(H,46,50)(H,47,51)(H,48,52)/t32-,36+,38+/m1/s1. The fourth-order valence-corrected chi connectivity index (χ4v) is 9.53. The Hall–Kier alpha value is -5.00. The van der Waals surface area contributed by atoms with Crippen LogP contribution in [0.2, 0.25) is 0 Å². The Morgan fingerprint density at radius 3 is 2.22 bits per heavy atom. The van der Waals surface area contributed by atoms with Gasteiger partial charge < -0.3 is 21.7 Å². The largest absolute Gasteiger partial charge is 0.359 e. The fraction of sp³-hybridized carbons (Fsp3) is 0.386. The molecule has 3 amide bonds. The van der Waals surface area contributed by atoms with Crippen molar-refractivity contribution in [3.8, 4) is 0 Å². The van der Waals surface area contributed by atoms with Gasteiger partial charge in [0.05, 0.1) is 16.8 Å². The lowest BCUT2D eigenvalue weighted by Crippen LogP contribution is -2.43. The molecule has 0 saturated carbocycles. The molecule has 0 aliphatic rings. The molecule has 0 bridgehead atoms. The van der Waals surface area contributed by atoms with E-state index in [9.17, 15) is 22.8 Å². The zero-order valence-corrected chi connectivity index (χ0v) is 33.5. The highest BCUT2D eigenvalue weighted by molar-refractivity contribution is 7.90. The summed E-state index contributed by atoms with van der Waals surface area (Å²) < 4.78 is 30.1. The summed E-state index contributed by atoms with van der Waals surface area (Å²) in [5, 5.41) is 11.9. The summed E-state index contributed by atoms with van der Waals surface area (Å²) >= 11 is 0. The lowest BCUT2D eigenvalue weighted by atomic mass is 9.91. The van der Waals surface area contributed by atoms with Crippen molar-refractivity contribution in [1.82, 2.24) is 19.9 Å². The number of aryl methyl sites for hydroxylation is 3. The summed E-state index contributed by atoms with van der Waals surface area (Å²) in [4.78, 5) is 40.1. The topological polar surface area (TPSA) is 152 Å². The first-order chi connectivity index (χ1) is 26.3. The van der Waals surface area contributed by atoms with Gasteiger partial charge in [0.2, 0.25) is 17.7 Å². The highest BCUT2D eigenvalue weighted by Gasteiger charge is 2.29. The number of hydrogen-bond donors (Lipinski definition) is 4. The highest BCUT2D eigenvalue weighted by Crippen LogP contribution is 2.32. The number of amides is 3. The van der Waals surface area contributed by atoms with Crippen LogP contribution in [0.5, 0.6) is 0 Å². The number of nitrogens with zero attached hydrogens (tertiary/aromatic N) is 1. The Morgan fingerprint density at radius 1 is 0.818 bits per heavy atom. The van der Waals surface area contributed by atoms with Crippen LogP contribution >= 0.6 is 0 Å². The molecule has 292 valence electrons. The Morgan fingerprint density at radius 2 is 1.51 bits per heavy atom. The predicted molar refractivity (Wildman–Crippen MR) is 220 cm³/mol. The molecule has 0 aliphatic heterocycles. The minimum Gasteiger partial charge on any atom is -0.359 e. The van der Waals surface area contributed by atoms with E-state index in [0.29, 0.717) is 48.0 Å². The lowest BCUT2D eigenvalue weighted by Gasteiger charge is -2.25. The molecule has 5 N–H and O–H groups in total. The first-order valence-corrected chi connectivity index (χ1v) is 20.6. The van der Waals surface area contributed by atoms with Crippen LogP contribution in [0.15, 0.2) is 90.0 Å². The maximum absolute atomic E-state index is 14.4. The third-order valence-electron chi connectivity index (χ3n) is 10.3. The summed E-state index contributed by atoms with van der Waals surface area (Å²) in [6.45, 7) is 7.98. The van der Waals surface area contributed by atoms with E-state index in [1.807, 2.05) is 100 Å². The summed E-state index contributed by atoms with van der Waals surface area (Å²) in [6, 6.07) is 24.4. The average molecular weight is 766 g/mol. The second kappa shape index (κ2) is 18.6. The molecule has 1 aromatic heterocycles. The van der Waals surface area contributed by atoms with Gasteiger partial charge in [0.15, 0.2) is 0 Å². The quantitative estimate of drug-likeness (QED) is 0.0759. The summed E-state index contributed by atoms with van der Waals surface area (Å²) in [5.74, 6) is -1.10. The van der Waals surface area contributed by atoms with Gasteiger partial charge in [-0.2, -0.15) is 0 Å². The molecular weight excluding hydrogens is 711 g/mol. The zero-order chi connectivity index (χ0) is 39.7. The fourth-order valence-electron chi connectivity index (χ4n) is 7.72. The minimum absolute atomic E-state index is 0.106. The normalized spacial score (nSPS) is 13.3. The van der Waals surface area contributed by atoms with E-state index < -0.39 is 15.9 Å². The molecule has 10 nitrogen and oxygen atoms in total. The first kappa shape index (κ1) is 41.2. The van der Waals surface area contributed by atoms with Crippen molar-refractivity contribution in [2.24, 2.45) is 11.7 Å². The lowest BCUT2D eigenvalue weighted by molar-refractivity contribution is -0.127. The maximum Gasteiger partial charge on any atom is 0.268 e. The van der Waals surface area contributed by atoms with Gasteiger partial charge in [-0.3, -0.25) is 14.4 Å². The van der Waals surface area contributed by atoms with Gasteiger partial charge in [0, 0.05) is 43.1 Å².